The van der Waals surface area contributed by atoms with Crippen molar-refractivity contribution in [1.82, 2.24) is 5.32 Å². The van der Waals surface area contributed by atoms with Crippen molar-refractivity contribution in [3.63, 3.8) is 0 Å². The van der Waals surface area contributed by atoms with Crippen LogP contribution in [-0.4, -0.2) is 38.4 Å². The summed E-state index contributed by atoms with van der Waals surface area (Å²) in [4.78, 5) is 11.5. The van der Waals surface area contributed by atoms with Gasteiger partial charge in [0.05, 0.1) is 11.8 Å². The zero-order valence-electron chi connectivity index (χ0n) is 10.2. The quantitative estimate of drug-likeness (QED) is 0.668. The summed E-state index contributed by atoms with van der Waals surface area (Å²) in [7, 11) is -3.07. The van der Waals surface area contributed by atoms with Crippen molar-refractivity contribution in [2.45, 2.75) is 45.2 Å². The van der Waals surface area contributed by atoms with E-state index in [0.717, 1.165) is 19.1 Å². The Hall–Kier alpha value is -0.620. The van der Waals surface area contributed by atoms with Gasteiger partial charge in [-0.25, -0.2) is 8.42 Å². The van der Waals surface area contributed by atoms with E-state index in [0.29, 0.717) is 6.42 Å². The average molecular weight is 250 g/mol. The van der Waals surface area contributed by atoms with Crippen molar-refractivity contribution in [3.8, 4) is 0 Å². The maximum atomic E-state index is 11.5. The lowest BCUT2D eigenvalue weighted by Crippen LogP contribution is -2.46. The van der Waals surface area contributed by atoms with Crippen LogP contribution in [0.1, 0.15) is 33.1 Å². The SMILES string of the molecule is CCCCC(N)C(=O)NC(C)CS(C)(=O)=O. The molecule has 0 bridgehead atoms. The van der Waals surface area contributed by atoms with Gasteiger partial charge < -0.3 is 11.1 Å². The molecule has 6 heteroatoms. The lowest BCUT2D eigenvalue weighted by molar-refractivity contribution is -0.122. The van der Waals surface area contributed by atoms with E-state index in [2.05, 4.69) is 5.32 Å². The second kappa shape index (κ2) is 6.85. The van der Waals surface area contributed by atoms with Crippen LogP contribution in [0.2, 0.25) is 0 Å². The number of rotatable bonds is 7. The summed E-state index contributed by atoms with van der Waals surface area (Å²) in [5.41, 5.74) is 5.65. The van der Waals surface area contributed by atoms with Crippen molar-refractivity contribution in [2.75, 3.05) is 12.0 Å². The Balaban J connectivity index is 4.04. The first kappa shape index (κ1) is 15.4. The molecule has 0 aromatic heterocycles. The van der Waals surface area contributed by atoms with E-state index >= 15 is 0 Å². The summed E-state index contributed by atoms with van der Waals surface area (Å²) >= 11 is 0. The van der Waals surface area contributed by atoms with Crippen LogP contribution in [0, 0.1) is 0 Å². The Bertz CT molecular complexity index is 314. The van der Waals surface area contributed by atoms with Crippen LogP contribution < -0.4 is 11.1 Å². The number of nitrogens with one attached hydrogen (secondary N) is 1. The number of sulfone groups is 1. The van der Waals surface area contributed by atoms with Crippen molar-refractivity contribution >= 4 is 15.7 Å². The highest BCUT2D eigenvalue weighted by atomic mass is 32.2. The predicted molar refractivity (Wildman–Crippen MR) is 64.8 cm³/mol. The summed E-state index contributed by atoms with van der Waals surface area (Å²) in [5, 5.41) is 2.60. The molecule has 0 saturated carbocycles. The molecule has 0 saturated heterocycles. The molecule has 3 N–H and O–H groups in total. The molecule has 0 spiro atoms. The van der Waals surface area contributed by atoms with Gasteiger partial charge >= 0.3 is 0 Å². The predicted octanol–water partition coefficient (Wildman–Crippen LogP) is 0.0532. The molecule has 0 aliphatic rings. The van der Waals surface area contributed by atoms with Gasteiger partial charge in [-0.05, 0) is 13.3 Å². The molecule has 2 atom stereocenters. The summed E-state index contributed by atoms with van der Waals surface area (Å²) in [6, 6.07) is -0.933. The molecule has 0 aliphatic heterocycles. The molecule has 2 unspecified atom stereocenters. The summed E-state index contributed by atoms with van der Waals surface area (Å²) in [6.45, 7) is 3.68. The maximum absolute atomic E-state index is 11.5. The Morgan fingerprint density at radius 3 is 2.44 bits per heavy atom. The largest absolute Gasteiger partial charge is 0.351 e. The molecule has 5 nitrogen and oxygen atoms in total. The minimum Gasteiger partial charge on any atom is -0.351 e. The monoisotopic (exact) mass is 250 g/mol. The standard InChI is InChI=1S/C10H22N2O3S/c1-4-5-6-9(11)10(13)12-8(2)7-16(3,14)15/h8-9H,4-7,11H2,1-3H3,(H,12,13). The van der Waals surface area contributed by atoms with E-state index in [9.17, 15) is 13.2 Å². The third-order valence-electron chi connectivity index (χ3n) is 2.15. The van der Waals surface area contributed by atoms with Gasteiger partial charge in [-0.2, -0.15) is 0 Å². The third kappa shape index (κ3) is 7.64. The highest BCUT2D eigenvalue weighted by Crippen LogP contribution is 1.99. The van der Waals surface area contributed by atoms with E-state index in [1.165, 1.54) is 0 Å². The van der Waals surface area contributed by atoms with Gasteiger partial charge in [0.15, 0.2) is 0 Å². The van der Waals surface area contributed by atoms with Gasteiger partial charge in [-0.1, -0.05) is 19.8 Å². The molecular formula is C10H22N2O3S. The van der Waals surface area contributed by atoms with Gasteiger partial charge in [0.25, 0.3) is 0 Å². The van der Waals surface area contributed by atoms with Crippen molar-refractivity contribution in [1.29, 1.82) is 0 Å². The second-order valence-corrected chi connectivity index (χ2v) is 6.44. The molecule has 0 radical (unpaired) electrons. The molecule has 0 aromatic carbocycles. The number of unbranched alkanes of at least 4 members (excludes halogenated alkanes) is 1. The highest BCUT2D eigenvalue weighted by molar-refractivity contribution is 7.90. The lowest BCUT2D eigenvalue weighted by Gasteiger charge is -2.16. The molecular weight excluding hydrogens is 228 g/mol. The fourth-order valence-corrected chi connectivity index (χ4v) is 2.39. The Morgan fingerprint density at radius 1 is 1.44 bits per heavy atom. The number of carbonyl (C=O) groups excluding carboxylic acids is 1. The van der Waals surface area contributed by atoms with Gasteiger partial charge in [0, 0.05) is 12.3 Å². The minimum absolute atomic E-state index is 0.0563. The second-order valence-electron chi connectivity index (χ2n) is 4.25. The van der Waals surface area contributed by atoms with Gasteiger partial charge in [0.1, 0.15) is 9.84 Å². The molecule has 0 aromatic rings. The summed E-state index contributed by atoms with van der Waals surface area (Å²) in [5.74, 6) is -0.330. The lowest BCUT2D eigenvalue weighted by atomic mass is 10.1. The first-order valence-corrected chi connectivity index (χ1v) is 7.56. The smallest absolute Gasteiger partial charge is 0.237 e. The Labute approximate surface area is 97.7 Å². The number of hydrogen-bond donors (Lipinski definition) is 2. The highest BCUT2D eigenvalue weighted by Gasteiger charge is 2.17. The molecule has 0 fully saturated rings. The molecule has 0 rings (SSSR count). The van der Waals surface area contributed by atoms with Crippen LogP contribution in [0.5, 0.6) is 0 Å². The van der Waals surface area contributed by atoms with Crippen LogP contribution in [0.15, 0.2) is 0 Å². The minimum atomic E-state index is -3.07. The average Bonchev–Trinajstić information content (AvgIpc) is 2.10. The van der Waals surface area contributed by atoms with Crippen molar-refractivity contribution in [3.05, 3.63) is 0 Å². The number of hydrogen-bond acceptors (Lipinski definition) is 4. The fourth-order valence-electron chi connectivity index (χ4n) is 1.40. The molecule has 0 aliphatic carbocycles. The fraction of sp³-hybridized carbons (Fsp3) is 0.900. The summed E-state index contributed by atoms with van der Waals surface area (Å²) in [6.07, 6.45) is 3.66. The van der Waals surface area contributed by atoms with E-state index in [1.807, 2.05) is 6.92 Å². The van der Waals surface area contributed by atoms with E-state index in [4.69, 9.17) is 5.73 Å². The summed E-state index contributed by atoms with van der Waals surface area (Å²) < 4.78 is 22.0. The Kier molecular flexibility index (Phi) is 6.59. The van der Waals surface area contributed by atoms with Crippen LogP contribution in [0.3, 0.4) is 0 Å². The van der Waals surface area contributed by atoms with E-state index < -0.39 is 21.9 Å². The van der Waals surface area contributed by atoms with E-state index in [1.54, 1.807) is 6.92 Å². The van der Waals surface area contributed by atoms with Gasteiger partial charge in [-0.3, -0.25) is 4.79 Å². The maximum Gasteiger partial charge on any atom is 0.237 e. The molecule has 1 amide bonds. The molecule has 16 heavy (non-hydrogen) atoms. The Morgan fingerprint density at radius 2 is 2.00 bits per heavy atom. The zero-order valence-corrected chi connectivity index (χ0v) is 11.0. The molecule has 96 valence electrons. The van der Waals surface area contributed by atoms with Gasteiger partial charge in [-0.15, -0.1) is 0 Å². The van der Waals surface area contributed by atoms with Crippen LogP contribution in [-0.2, 0) is 14.6 Å². The van der Waals surface area contributed by atoms with Crippen molar-refractivity contribution < 1.29 is 13.2 Å². The first-order chi connectivity index (χ1) is 7.26. The van der Waals surface area contributed by atoms with Crippen LogP contribution >= 0.6 is 0 Å². The topological polar surface area (TPSA) is 89.3 Å². The van der Waals surface area contributed by atoms with Crippen LogP contribution in [0.25, 0.3) is 0 Å². The number of amides is 1. The van der Waals surface area contributed by atoms with Crippen molar-refractivity contribution in [2.24, 2.45) is 5.73 Å². The van der Waals surface area contributed by atoms with Gasteiger partial charge in [0.2, 0.25) is 5.91 Å². The molecule has 0 heterocycles. The van der Waals surface area contributed by atoms with Crippen LogP contribution in [0.4, 0.5) is 0 Å². The normalized spacial score (nSPS) is 15.5. The third-order valence-corrected chi connectivity index (χ3v) is 3.25. The number of carbonyl (C=O) groups is 1. The first-order valence-electron chi connectivity index (χ1n) is 5.50. The van der Waals surface area contributed by atoms with E-state index in [-0.39, 0.29) is 11.7 Å². The number of nitrogens with two attached hydrogens (primary N) is 1. The zero-order chi connectivity index (χ0) is 12.8.